The molecule has 2 aromatic carbocycles. The van der Waals surface area contributed by atoms with Gasteiger partial charge in [-0.15, -0.1) is 0 Å². The lowest BCUT2D eigenvalue weighted by molar-refractivity contribution is 0.590. The summed E-state index contributed by atoms with van der Waals surface area (Å²) >= 11 is 7.46. The first-order chi connectivity index (χ1) is 12.9. The fraction of sp³-hybridized carbons (Fsp3) is 0.350. The molecule has 0 bridgehead atoms. The number of hydrogen-bond donors (Lipinski definition) is 3. The van der Waals surface area contributed by atoms with E-state index in [1.54, 1.807) is 6.07 Å². The zero-order valence-electron chi connectivity index (χ0n) is 16.5. The molecule has 0 aliphatic rings. The number of anilines is 1. The van der Waals surface area contributed by atoms with Gasteiger partial charge in [-0.2, -0.15) is 0 Å². The molecule has 28 heavy (non-hydrogen) atoms. The second-order valence-corrected chi connectivity index (χ2v) is 11.0. The molecule has 0 amide bonds. The fourth-order valence-corrected chi connectivity index (χ4v) is 4.12. The predicted octanol–water partition coefficient (Wildman–Crippen LogP) is 4.12. The Hall–Kier alpha value is -1.39. The van der Waals surface area contributed by atoms with Crippen LogP contribution in [-0.4, -0.2) is 19.8 Å². The van der Waals surface area contributed by atoms with Gasteiger partial charge >= 0.3 is 0 Å². The quantitative estimate of drug-likeness (QED) is 0.387. The molecule has 0 unspecified atom stereocenters. The highest BCUT2D eigenvalue weighted by atomic mass is 127. The van der Waals surface area contributed by atoms with E-state index >= 15 is 0 Å². The molecule has 2 rings (SSSR count). The summed E-state index contributed by atoms with van der Waals surface area (Å²) in [5, 5.41) is 6.97. The van der Waals surface area contributed by atoms with Crippen LogP contribution < -0.4 is 15.4 Å². The zero-order chi connectivity index (χ0) is 20.9. The summed E-state index contributed by atoms with van der Waals surface area (Å²) in [6, 6.07) is 14.1. The average molecular weight is 531 g/mol. The standard InChI is InChI=1S/C20H26IN3O2S2/c1-20(2,3)16-8-5-14(6-9-16)12-22-19(27)23-13-15-7-10-18(17(21)11-15)24-28(4,25)26/h5-11,24H,12-13H2,1-4H3,(H2,22,23,27). The first-order valence-electron chi connectivity index (χ1n) is 8.81. The minimum atomic E-state index is -3.28. The molecule has 0 saturated carbocycles. The fourth-order valence-electron chi connectivity index (χ4n) is 2.50. The van der Waals surface area contributed by atoms with Crippen molar-refractivity contribution < 1.29 is 8.42 Å². The highest BCUT2D eigenvalue weighted by Gasteiger charge is 2.12. The van der Waals surface area contributed by atoms with Crippen molar-refractivity contribution in [2.24, 2.45) is 0 Å². The molecule has 0 radical (unpaired) electrons. The molecule has 0 atom stereocenters. The SMILES string of the molecule is CC(C)(C)c1ccc(CNC(=S)NCc2ccc(NS(C)(=O)=O)c(I)c2)cc1. The van der Waals surface area contributed by atoms with Gasteiger partial charge in [0.15, 0.2) is 5.11 Å². The van der Waals surface area contributed by atoms with Crippen LogP contribution in [0.25, 0.3) is 0 Å². The third-order valence-electron chi connectivity index (χ3n) is 4.05. The van der Waals surface area contributed by atoms with Gasteiger partial charge in [0.1, 0.15) is 0 Å². The smallest absolute Gasteiger partial charge is 0.229 e. The van der Waals surface area contributed by atoms with Gasteiger partial charge in [0.05, 0.1) is 11.9 Å². The van der Waals surface area contributed by atoms with Gasteiger partial charge in [0, 0.05) is 16.7 Å². The van der Waals surface area contributed by atoms with Gasteiger partial charge in [-0.3, -0.25) is 4.72 Å². The summed E-state index contributed by atoms with van der Waals surface area (Å²) in [6.45, 7) is 7.81. The van der Waals surface area contributed by atoms with E-state index in [0.717, 1.165) is 15.4 Å². The second kappa shape index (κ2) is 9.41. The van der Waals surface area contributed by atoms with E-state index in [4.69, 9.17) is 12.2 Å². The molecule has 0 spiro atoms. The Morgan fingerprint density at radius 1 is 1.00 bits per heavy atom. The van der Waals surface area contributed by atoms with E-state index in [9.17, 15) is 8.42 Å². The molecule has 0 aliphatic heterocycles. The largest absolute Gasteiger partial charge is 0.359 e. The van der Waals surface area contributed by atoms with E-state index in [2.05, 4.69) is 83.0 Å². The Kier molecular flexibility index (Phi) is 7.69. The third-order valence-corrected chi connectivity index (χ3v) is 5.83. The topological polar surface area (TPSA) is 70.2 Å². The number of benzene rings is 2. The maximum Gasteiger partial charge on any atom is 0.229 e. The van der Waals surface area contributed by atoms with Crippen molar-refractivity contribution in [1.29, 1.82) is 0 Å². The molecule has 0 heterocycles. The van der Waals surface area contributed by atoms with Gasteiger partial charge in [0.2, 0.25) is 10.0 Å². The number of thiocarbonyl (C=S) groups is 1. The first kappa shape index (κ1) is 22.9. The zero-order valence-corrected chi connectivity index (χ0v) is 20.3. The van der Waals surface area contributed by atoms with Gasteiger partial charge in [-0.25, -0.2) is 8.42 Å². The minimum absolute atomic E-state index is 0.146. The highest BCUT2D eigenvalue weighted by Crippen LogP contribution is 2.22. The highest BCUT2D eigenvalue weighted by molar-refractivity contribution is 14.1. The molecule has 3 N–H and O–H groups in total. The lowest BCUT2D eigenvalue weighted by atomic mass is 9.87. The Morgan fingerprint density at radius 2 is 1.54 bits per heavy atom. The number of hydrogen-bond acceptors (Lipinski definition) is 3. The van der Waals surface area contributed by atoms with Crippen molar-refractivity contribution in [1.82, 2.24) is 10.6 Å². The van der Waals surface area contributed by atoms with E-state index in [1.165, 1.54) is 11.1 Å². The van der Waals surface area contributed by atoms with Crippen molar-refractivity contribution in [3.8, 4) is 0 Å². The molecule has 0 fully saturated rings. The molecule has 0 saturated heterocycles. The van der Waals surface area contributed by atoms with Crippen LogP contribution in [0.1, 0.15) is 37.5 Å². The monoisotopic (exact) mass is 531 g/mol. The van der Waals surface area contributed by atoms with Crippen LogP contribution in [0.3, 0.4) is 0 Å². The summed E-state index contributed by atoms with van der Waals surface area (Å²) in [4.78, 5) is 0. The van der Waals surface area contributed by atoms with E-state index in [-0.39, 0.29) is 5.41 Å². The van der Waals surface area contributed by atoms with Crippen LogP contribution in [0.4, 0.5) is 5.69 Å². The third kappa shape index (κ3) is 7.56. The second-order valence-electron chi connectivity index (χ2n) is 7.67. The van der Waals surface area contributed by atoms with E-state index < -0.39 is 10.0 Å². The molecule has 0 aliphatic carbocycles. The lowest BCUT2D eigenvalue weighted by Crippen LogP contribution is -2.34. The summed E-state index contributed by atoms with van der Waals surface area (Å²) in [6.07, 6.45) is 1.14. The number of nitrogens with one attached hydrogen (secondary N) is 3. The van der Waals surface area contributed by atoms with E-state index in [0.29, 0.717) is 23.9 Å². The lowest BCUT2D eigenvalue weighted by Gasteiger charge is -2.19. The molecule has 5 nitrogen and oxygen atoms in total. The van der Waals surface area contributed by atoms with Crippen LogP contribution in [-0.2, 0) is 28.5 Å². The van der Waals surface area contributed by atoms with Gasteiger partial charge in [-0.05, 0) is 69.0 Å². The summed E-state index contributed by atoms with van der Waals surface area (Å²) in [5.41, 5.74) is 4.21. The van der Waals surface area contributed by atoms with Crippen molar-refractivity contribution >= 4 is 55.6 Å². The molecular formula is C20H26IN3O2S2. The molecular weight excluding hydrogens is 505 g/mol. The van der Waals surface area contributed by atoms with Gasteiger partial charge in [-0.1, -0.05) is 51.1 Å². The van der Waals surface area contributed by atoms with Gasteiger partial charge in [0.25, 0.3) is 0 Å². The summed E-state index contributed by atoms with van der Waals surface area (Å²) < 4.78 is 26.0. The van der Waals surface area contributed by atoms with Crippen molar-refractivity contribution in [3.05, 3.63) is 62.7 Å². The van der Waals surface area contributed by atoms with Crippen molar-refractivity contribution in [2.45, 2.75) is 39.3 Å². The van der Waals surface area contributed by atoms with Crippen LogP contribution >= 0.6 is 34.8 Å². The van der Waals surface area contributed by atoms with Crippen LogP contribution in [0.2, 0.25) is 0 Å². The number of halogens is 1. The minimum Gasteiger partial charge on any atom is -0.359 e. The average Bonchev–Trinajstić information content (AvgIpc) is 2.59. The maximum absolute atomic E-state index is 11.4. The number of sulfonamides is 1. The maximum atomic E-state index is 11.4. The van der Waals surface area contributed by atoms with Gasteiger partial charge < -0.3 is 10.6 Å². The first-order valence-corrected chi connectivity index (χ1v) is 12.2. The predicted molar refractivity (Wildman–Crippen MR) is 129 cm³/mol. The van der Waals surface area contributed by atoms with Crippen molar-refractivity contribution in [3.63, 3.8) is 0 Å². The molecule has 0 aromatic heterocycles. The molecule has 152 valence electrons. The molecule has 2 aromatic rings. The van der Waals surface area contributed by atoms with Crippen LogP contribution in [0, 0.1) is 3.57 Å². The van der Waals surface area contributed by atoms with Crippen LogP contribution in [0.5, 0.6) is 0 Å². The number of rotatable bonds is 6. The molecule has 8 heteroatoms. The van der Waals surface area contributed by atoms with Crippen LogP contribution in [0.15, 0.2) is 42.5 Å². The summed E-state index contributed by atoms with van der Waals surface area (Å²) in [7, 11) is -3.28. The Morgan fingerprint density at radius 3 is 2.04 bits per heavy atom. The Labute approximate surface area is 186 Å². The van der Waals surface area contributed by atoms with Crippen molar-refractivity contribution in [2.75, 3.05) is 11.0 Å². The Balaban J connectivity index is 1.85. The van der Waals surface area contributed by atoms with E-state index in [1.807, 2.05) is 12.1 Å². The Bertz CT molecular complexity index is 937. The normalized spacial score (nSPS) is 11.8. The summed E-state index contributed by atoms with van der Waals surface area (Å²) in [5.74, 6) is 0.